The Hall–Kier alpha value is -0.160. The first-order chi connectivity index (χ1) is 27.7. The average molecular weight is 819 g/mol. The van der Waals surface area contributed by atoms with Gasteiger partial charge >= 0.3 is 0 Å². The molecule has 0 spiro atoms. The zero-order valence-electron chi connectivity index (χ0n) is 41.8. The zero-order chi connectivity index (χ0) is 42.9. The molecule has 0 radical (unpaired) electrons. The first kappa shape index (κ1) is 55.9. The van der Waals surface area contributed by atoms with Crippen LogP contribution in [0, 0.1) is 0 Å². The molecule has 0 aromatic heterocycles. The van der Waals surface area contributed by atoms with Gasteiger partial charge in [-0.1, -0.05) is 206 Å². The first-order valence-electron chi connectivity index (χ1n) is 26.5. The molecule has 2 heterocycles. The molecule has 4 nitrogen and oxygen atoms in total. The highest BCUT2D eigenvalue weighted by atomic mass is 16.5. The summed E-state index contributed by atoms with van der Waals surface area (Å²) in [5, 5.41) is 7.48. The van der Waals surface area contributed by atoms with Crippen molar-refractivity contribution >= 4 is 0 Å². The van der Waals surface area contributed by atoms with Crippen LogP contribution in [-0.4, -0.2) is 47.6 Å². The second-order valence-electron chi connectivity index (χ2n) is 22.2. The van der Waals surface area contributed by atoms with Crippen LogP contribution < -0.4 is 10.6 Å². The molecule has 2 rings (SSSR count). The van der Waals surface area contributed by atoms with E-state index < -0.39 is 0 Å². The molecule has 4 heteroatoms. The molecule has 0 atom stereocenters. The van der Waals surface area contributed by atoms with E-state index in [1.807, 2.05) is 0 Å². The summed E-state index contributed by atoms with van der Waals surface area (Å²) < 4.78 is 12.5. The highest BCUT2D eigenvalue weighted by Gasteiger charge is 2.39. The van der Waals surface area contributed by atoms with Crippen LogP contribution in [0.15, 0.2) is 0 Å². The van der Waals surface area contributed by atoms with Crippen LogP contribution in [0.2, 0.25) is 0 Å². The van der Waals surface area contributed by atoms with E-state index in [1.165, 1.54) is 205 Å². The van der Waals surface area contributed by atoms with Gasteiger partial charge in [0.25, 0.3) is 0 Å². The normalized spacial score (nSPS) is 18.9. The molecular weight excluding hydrogens is 709 g/mol. The second-order valence-corrected chi connectivity index (χ2v) is 22.2. The molecule has 348 valence electrons. The minimum absolute atomic E-state index is 0.195. The molecule has 2 aliphatic heterocycles. The molecule has 2 N–H and O–H groups in total. The summed E-state index contributed by atoms with van der Waals surface area (Å²) in [6, 6.07) is 0. The molecule has 2 fully saturated rings. The molecule has 0 bridgehead atoms. The van der Waals surface area contributed by atoms with E-state index in [1.54, 1.807) is 0 Å². The Morgan fingerprint density at radius 1 is 0.293 bits per heavy atom. The topological polar surface area (TPSA) is 42.5 Å². The van der Waals surface area contributed by atoms with Crippen molar-refractivity contribution in [2.45, 2.75) is 335 Å². The van der Waals surface area contributed by atoms with Crippen molar-refractivity contribution in [2.75, 3.05) is 13.2 Å². The van der Waals surface area contributed by atoms with Crippen LogP contribution in [0.4, 0.5) is 0 Å². The van der Waals surface area contributed by atoms with Crippen LogP contribution >= 0.6 is 0 Å². The van der Waals surface area contributed by atoms with Gasteiger partial charge in [-0.25, -0.2) is 0 Å². The van der Waals surface area contributed by atoms with E-state index in [0.717, 1.165) is 38.9 Å². The van der Waals surface area contributed by atoms with Crippen LogP contribution in [0.25, 0.3) is 0 Å². The number of rotatable bonds is 36. The third-order valence-electron chi connectivity index (χ3n) is 13.0. The highest BCUT2D eigenvalue weighted by molar-refractivity contribution is 4.98. The molecule has 0 saturated carbocycles. The molecule has 0 aromatic carbocycles. The number of nitrogens with one attached hydrogen (secondary N) is 2. The molecule has 2 aliphatic rings. The van der Waals surface area contributed by atoms with E-state index in [0.29, 0.717) is 12.2 Å². The van der Waals surface area contributed by atoms with Crippen molar-refractivity contribution in [1.82, 2.24) is 10.6 Å². The summed E-state index contributed by atoms with van der Waals surface area (Å²) >= 11 is 0. The molecule has 0 amide bonds. The maximum atomic E-state index is 6.23. The third kappa shape index (κ3) is 34.4. The fraction of sp³-hybridized carbons (Fsp3) is 1.00. The van der Waals surface area contributed by atoms with Gasteiger partial charge in [-0.15, -0.1) is 0 Å². The quantitative estimate of drug-likeness (QED) is 0.0618. The monoisotopic (exact) mass is 819 g/mol. The largest absolute Gasteiger partial charge is 0.378 e. The molecule has 0 aromatic rings. The van der Waals surface area contributed by atoms with Gasteiger partial charge in [0, 0.05) is 35.4 Å². The second kappa shape index (κ2) is 34.3. The van der Waals surface area contributed by atoms with Crippen molar-refractivity contribution < 1.29 is 9.47 Å². The molecule has 0 unspecified atom stereocenters. The Morgan fingerprint density at radius 3 is 0.655 bits per heavy atom. The minimum Gasteiger partial charge on any atom is -0.378 e. The maximum Gasteiger partial charge on any atom is 0.0609 e. The van der Waals surface area contributed by atoms with E-state index in [-0.39, 0.29) is 22.2 Å². The summed E-state index contributed by atoms with van der Waals surface area (Å²) in [5.74, 6) is 0. The number of unbranched alkanes of at least 4 members (excludes halogenated alkanes) is 30. The standard InChI is InChI=1S/2C27H55NO/c2*1-6-7-8-9-10-11-12-13-14-15-16-17-18-19-20-21-22-29-25-23-26(2,3)28-27(4,5)24-25/h2*25,28H,6-24H2,1-5H3. The van der Waals surface area contributed by atoms with E-state index in [4.69, 9.17) is 9.47 Å². The van der Waals surface area contributed by atoms with Crippen LogP contribution in [0.5, 0.6) is 0 Å². The summed E-state index contributed by atoms with van der Waals surface area (Å²) in [4.78, 5) is 0. The van der Waals surface area contributed by atoms with Crippen LogP contribution in [-0.2, 0) is 9.47 Å². The Bertz CT molecular complexity index is 793. The lowest BCUT2D eigenvalue weighted by atomic mass is 9.81. The summed E-state index contributed by atoms with van der Waals surface area (Å²) in [6.45, 7) is 24.9. The van der Waals surface area contributed by atoms with Crippen molar-refractivity contribution in [3.8, 4) is 0 Å². The van der Waals surface area contributed by atoms with Crippen molar-refractivity contribution in [1.29, 1.82) is 0 Å². The lowest BCUT2D eigenvalue weighted by Crippen LogP contribution is -2.59. The Balaban J connectivity index is 0.000000580. The number of piperidine rings is 2. The lowest BCUT2D eigenvalue weighted by molar-refractivity contribution is -0.0233. The van der Waals surface area contributed by atoms with Crippen molar-refractivity contribution in [3.05, 3.63) is 0 Å². The number of ether oxygens (including phenoxy) is 2. The van der Waals surface area contributed by atoms with E-state index in [9.17, 15) is 0 Å². The van der Waals surface area contributed by atoms with Gasteiger partial charge in [-0.2, -0.15) is 0 Å². The fourth-order valence-electron chi connectivity index (χ4n) is 10.5. The van der Waals surface area contributed by atoms with Gasteiger partial charge in [-0.05, 0) is 93.9 Å². The molecule has 2 saturated heterocycles. The van der Waals surface area contributed by atoms with E-state index in [2.05, 4.69) is 79.9 Å². The predicted octanol–water partition coefficient (Wildman–Crippen LogP) is 17.1. The smallest absolute Gasteiger partial charge is 0.0609 e. The summed E-state index contributed by atoms with van der Waals surface area (Å²) in [7, 11) is 0. The average Bonchev–Trinajstić information content (AvgIpc) is 3.12. The number of hydrogen-bond acceptors (Lipinski definition) is 4. The summed E-state index contributed by atoms with van der Waals surface area (Å²) in [6.07, 6.45) is 51.0. The Labute approximate surface area is 366 Å². The predicted molar refractivity (Wildman–Crippen MR) is 260 cm³/mol. The van der Waals surface area contributed by atoms with Crippen molar-refractivity contribution in [3.63, 3.8) is 0 Å². The lowest BCUT2D eigenvalue weighted by Gasteiger charge is -2.46. The van der Waals surface area contributed by atoms with E-state index >= 15 is 0 Å². The van der Waals surface area contributed by atoms with Crippen LogP contribution in [0.3, 0.4) is 0 Å². The Kier molecular flexibility index (Phi) is 33.1. The molecular formula is C54H110N2O2. The third-order valence-corrected chi connectivity index (χ3v) is 13.0. The van der Waals surface area contributed by atoms with Gasteiger partial charge < -0.3 is 20.1 Å². The van der Waals surface area contributed by atoms with Gasteiger partial charge in [0.1, 0.15) is 0 Å². The fourth-order valence-corrected chi connectivity index (χ4v) is 10.5. The molecule has 58 heavy (non-hydrogen) atoms. The Morgan fingerprint density at radius 2 is 0.466 bits per heavy atom. The van der Waals surface area contributed by atoms with Gasteiger partial charge in [-0.3, -0.25) is 0 Å². The van der Waals surface area contributed by atoms with Gasteiger partial charge in [0.05, 0.1) is 12.2 Å². The minimum atomic E-state index is 0.195. The SMILES string of the molecule is CCCCCCCCCCCCCCCCCCOC1CC(C)(C)NC(C)(C)C1.CCCCCCCCCCCCCCCCCCOC1CC(C)(C)NC(C)(C)C1. The highest BCUT2D eigenvalue weighted by Crippen LogP contribution is 2.32. The zero-order valence-corrected chi connectivity index (χ0v) is 41.8. The van der Waals surface area contributed by atoms with Gasteiger partial charge in [0.2, 0.25) is 0 Å². The van der Waals surface area contributed by atoms with Crippen LogP contribution in [0.1, 0.15) is 300 Å². The molecule has 0 aliphatic carbocycles. The maximum absolute atomic E-state index is 6.23. The van der Waals surface area contributed by atoms with Crippen molar-refractivity contribution in [2.24, 2.45) is 0 Å². The number of hydrogen-bond donors (Lipinski definition) is 2. The summed E-state index contributed by atoms with van der Waals surface area (Å²) in [5.41, 5.74) is 0.782. The first-order valence-corrected chi connectivity index (χ1v) is 26.5. The van der Waals surface area contributed by atoms with Gasteiger partial charge in [0.15, 0.2) is 0 Å².